The van der Waals surface area contributed by atoms with Crippen LogP contribution in [0.5, 0.6) is 5.75 Å². The molecule has 1 aromatic rings. The van der Waals surface area contributed by atoms with Crippen LogP contribution < -0.4 is 4.74 Å². The Bertz CT molecular complexity index is 425. The lowest BCUT2D eigenvalue weighted by molar-refractivity contribution is -0.169. The van der Waals surface area contributed by atoms with E-state index in [1.807, 2.05) is 32.0 Å². The third-order valence-electron chi connectivity index (χ3n) is 3.16. The quantitative estimate of drug-likeness (QED) is 0.821. The highest BCUT2D eigenvalue weighted by Crippen LogP contribution is 2.20. The number of aryl methyl sites for hydroxylation is 1. The molecule has 18 heavy (non-hydrogen) atoms. The van der Waals surface area contributed by atoms with Gasteiger partial charge in [-0.3, -0.25) is 9.63 Å². The second kappa shape index (κ2) is 5.87. The van der Waals surface area contributed by atoms with Gasteiger partial charge in [0.1, 0.15) is 5.75 Å². The predicted octanol–water partition coefficient (Wildman–Crippen LogP) is 2.24. The summed E-state index contributed by atoms with van der Waals surface area (Å²) < 4.78 is 5.64. The van der Waals surface area contributed by atoms with Crippen molar-refractivity contribution >= 4 is 5.91 Å². The first-order valence-corrected chi connectivity index (χ1v) is 6.31. The Hall–Kier alpha value is -1.55. The lowest BCUT2D eigenvalue weighted by atomic mass is 10.1. The third kappa shape index (κ3) is 3.01. The smallest absolute Gasteiger partial charge is 0.249 e. The minimum Gasteiger partial charge on any atom is -0.493 e. The Labute approximate surface area is 107 Å². The van der Waals surface area contributed by atoms with Crippen LogP contribution in [0.2, 0.25) is 0 Å². The van der Waals surface area contributed by atoms with Crippen molar-refractivity contribution in [3.63, 3.8) is 0 Å². The van der Waals surface area contributed by atoms with Crippen LogP contribution in [0.25, 0.3) is 0 Å². The van der Waals surface area contributed by atoms with Crippen molar-refractivity contribution in [1.82, 2.24) is 5.06 Å². The molecule has 0 unspecified atom stereocenters. The molecule has 0 aromatic heterocycles. The maximum Gasteiger partial charge on any atom is 0.249 e. The van der Waals surface area contributed by atoms with Crippen molar-refractivity contribution in [1.29, 1.82) is 0 Å². The Kier molecular flexibility index (Phi) is 4.20. The summed E-state index contributed by atoms with van der Waals surface area (Å²) in [6.07, 6.45) is 1.27. The van der Waals surface area contributed by atoms with Gasteiger partial charge in [-0.1, -0.05) is 12.1 Å². The summed E-state index contributed by atoms with van der Waals surface area (Å²) in [7, 11) is 0. The van der Waals surface area contributed by atoms with Gasteiger partial charge >= 0.3 is 0 Å². The lowest BCUT2D eigenvalue weighted by Crippen LogP contribution is -2.27. The van der Waals surface area contributed by atoms with Gasteiger partial charge in [-0.25, -0.2) is 5.06 Å². The van der Waals surface area contributed by atoms with E-state index in [9.17, 15) is 4.79 Å². The maximum atomic E-state index is 11.7. The summed E-state index contributed by atoms with van der Waals surface area (Å²) in [6.45, 7) is 5.80. The van der Waals surface area contributed by atoms with E-state index in [4.69, 9.17) is 9.57 Å². The summed E-state index contributed by atoms with van der Waals surface area (Å²) in [5, 5.41) is 1.44. The van der Waals surface area contributed by atoms with Crippen molar-refractivity contribution in [2.24, 2.45) is 0 Å². The summed E-state index contributed by atoms with van der Waals surface area (Å²) in [5.74, 6) is 0.850. The first-order valence-electron chi connectivity index (χ1n) is 6.31. The molecule has 0 aliphatic carbocycles. The van der Waals surface area contributed by atoms with E-state index in [1.54, 1.807) is 0 Å². The van der Waals surface area contributed by atoms with Gasteiger partial charge < -0.3 is 4.74 Å². The number of carbonyl (C=O) groups excluding carboxylic acids is 1. The van der Waals surface area contributed by atoms with Crippen LogP contribution in [0.4, 0.5) is 0 Å². The SMILES string of the molecule is Cc1cccc(OCCC(=O)N2CCCO2)c1C. The predicted molar refractivity (Wildman–Crippen MR) is 68.3 cm³/mol. The fourth-order valence-corrected chi connectivity index (χ4v) is 1.90. The Morgan fingerprint density at radius 1 is 1.44 bits per heavy atom. The van der Waals surface area contributed by atoms with Crippen LogP contribution in [0.3, 0.4) is 0 Å². The molecule has 1 heterocycles. The van der Waals surface area contributed by atoms with Crippen molar-refractivity contribution in [3.05, 3.63) is 29.3 Å². The normalized spacial score (nSPS) is 14.9. The Balaban J connectivity index is 1.81. The molecular formula is C14H19NO3. The number of benzene rings is 1. The molecule has 1 saturated heterocycles. The van der Waals surface area contributed by atoms with Gasteiger partial charge in [-0.05, 0) is 37.5 Å². The zero-order chi connectivity index (χ0) is 13.0. The molecule has 0 atom stereocenters. The molecule has 2 rings (SSSR count). The van der Waals surface area contributed by atoms with Crippen molar-refractivity contribution < 1.29 is 14.4 Å². The van der Waals surface area contributed by atoms with E-state index in [2.05, 4.69) is 0 Å². The third-order valence-corrected chi connectivity index (χ3v) is 3.16. The van der Waals surface area contributed by atoms with Crippen molar-refractivity contribution in [2.45, 2.75) is 26.7 Å². The van der Waals surface area contributed by atoms with Gasteiger partial charge in [0.15, 0.2) is 0 Å². The monoisotopic (exact) mass is 249 g/mol. The summed E-state index contributed by atoms with van der Waals surface area (Å²) in [6, 6.07) is 5.94. The molecular weight excluding hydrogens is 230 g/mol. The van der Waals surface area contributed by atoms with E-state index in [1.165, 1.54) is 10.6 Å². The number of amides is 1. The number of nitrogens with zero attached hydrogens (tertiary/aromatic N) is 1. The molecule has 4 heteroatoms. The molecule has 4 nitrogen and oxygen atoms in total. The van der Waals surface area contributed by atoms with E-state index in [0.29, 0.717) is 26.2 Å². The highest BCUT2D eigenvalue weighted by molar-refractivity contribution is 5.75. The van der Waals surface area contributed by atoms with E-state index < -0.39 is 0 Å². The molecule has 0 saturated carbocycles. The van der Waals surface area contributed by atoms with Gasteiger partial charge in [-0.2, -0.15) is 0 Å². The first kappa shape index (κ1) is 12.9. The van der Waals surface area contributed by atoms with Gasteiger partial charge in [-0.15, -0.1) is 0 Å². The fraction of sp³-hybridized carbons (Fsp3) is 0.500. The average molecular weight is 249 g/mol. The van der Waals surface area contributed by atoms with Crippen molar-refractivity contribution in [3.8, 4) is 5.75 Å². The zero-order valence-corrected chi connectivity index (χ0v) is 10.9. The largest absolute Gasteiger partial charge is 0.493 e. The average Bonchev–Trinajstić information content (AvgIpc) is 2.88. The number of hydroxylamine groups is 2. The highest BCUT2D eigenvalue weighted by atomic mass is 16.7. The topological polar surface area (TPSA) is 38.8 Å². The van der Waals surface area contributed by atoms with Gasteiger partial charge in [0.25, 0.3) is 0 Å². The van der Waals surface area contributed by atoms with Crippen LogP contribution in [-0.2, 0) is 9.63 Å². The van der Waals surface area contributed by atoms with Gasteiger partial charge in [0, 0.05) is 0 Å². The van der Waals surface area contributed by atoms with Crippen molar-refractivity contribution in [2.75, 3.05) is 19.8 Å². The fourth-order valence-electron chi connectivity index (χ4n) is 1.90. The second-order valence-corrected chi connectivity index (χ2v) is 4.48. The Morgan fingerprint density at radius 3 is 3.00 bits per heavy atom. The molecule has 0 radical (unpaired) electrons. The molecule has 1 amide bonds. The molecule has 0 bridgehead atoms. The molecule has 1 aliphatic rings. The lowest BCUT2D eigenvalue weighted by Gasteiger charge is -2.15. The van der Waals surface area contributed by atoms with Crippen LogP contribution in [-0.4, -0.2) is 30.7 Å². The number of carbonyl (C=O) groups is 1. The minimum atomic E-state index is -0.00203. The standard InChI is InChI=1S/C14H19NO3/c1-11-5-3-6-13(12(11)2)17-10-7-14(16)15-8-4-9-18-15/h3,5-6H,4,7-10H2,1-2H3. The number of hydrogen-bond acceptors (Lipinski definition) is 3. The first-order chi connectivity index (χ1) is 8.68. The molecule has 0 N–H and O–H groups in total. The zero-order valence-electron chi connectivity index (χ0n) is 10.9. The van der Waals surface area contributed by atoms with E-state index >= 15 is 0 Å². The summed E-state index contributed by atoms with van der Waals surface area (Å²) in [5.41, 5.74) is 2.32. The van der Waals surface area contributed by atoms with Crippen LogP contribution in [0, 0.1) is 13.8 Å². The highest BCUT2D eigenvalue weighted by Gasteiger charge is 2.18. The van der Waals surface area contributed by atoms with E-state index in [0.717, 1.165) is 17.7 Å². The molecule has 98 valence electrons. The maximum absolute atomic E-state index is 11.7. The molecule has 1 fully saturated rings. The van der Waals surface area contributed by atoms with Crippen LogP contribution >= 0.6 is 0 Å². The number of hydrogen-bond donors (Lipinski definition) is 0. The van der Waals surface area contributed by atoms with Crippen LogP contribution in [0.1, 0.15) is 24.0 Å². The molecule has 0 spiro atoms. The second-order valence-electron chi connectivity index (χ2n) is 4.48. The molecule has 1 aliphatic heterocycles. The number of rotatable bonds is 4. The summed E-state index contributed by atoms with van der Waals surface area (Å²) >= 11 is 0. The Morgan fingerprint density at radius 2 is 2.28 bits per heavy atom. The van der Waals surface area contributed by atoms with Gasteiger partial charge in [0.05, 0.1) is 26.2 Å². The summed E-state index contributed by atoms with van der Waals surface area (Å²) in [4.78, 5) is 16.9. The molecule has 1 aromatic carbocycles. The van der Waals surface area contributed by atoms with Gasteiger partial charge in [0.2, 0.25) is 5.91 Å². The minimum absolute atomic E-state index is 0.00203. The van der Waals surface area contributed by atoms with Crippen LogP contribution in [0.15, 0.2) is 18.2 Å². The van der Waals surface area contributed by atoms with E-state index in [-0.39, 0.29) is 5.91 Å². The number of ether oxygens (including phenoxy) is 1.